The third kappa shape index (κ3) is 2.38. The molecule has 2 N–H and O–H groups in total. The number of para-hydroxylation sites is 2. The number of aromatic hydroxyl groups is 1. The molecule has 0 aliphatic rings. The van der Waals surface area contributed by atoms with Gasteiger partial charge in [0.15, 0.2) is 0 Å². The van der Waals surface area contributed by atoms with Crippen LogP contribution >= 0.6 is 0 Å². The minimum absolute atomic E-state index is 0.142. The van der Waals surface area contributed by atoms with Crippen molar-refractivity contribution in [1.82, 2.24) is 9.66 Å². The smallest absolute Gasteiger partial charge is 0.273 e. The van der Waals surface area contributed by atoms with E-state index in [1.165, 1.54) is 30.2 Å². The van der Waals surface area contributed by atoms with E-state index in [2.05, 4.69) is 10.4 Å². The molecule has 0 unspecified atom stereocenters. The molecule has 0 radical (unpaired) electrons. The first-order valence-corrected chi connectivity index (χ1v) is 6.29. The number of ether oxygens (including phenoxy) is 1. The fourth-order valence-electron chi connectivity index (χ4n) is 2.05. The molecule has 0 atom stereocenters. The number of carbonyl (C=O) groups excluding carboxylic acids is 1. The van der Waals surface area contributed by atoms with Gasteiger partial charge in [-0.3, -0.25) is 10.2 Å². The van der Waals surface area contributed by atoms with Crippen molar-refractivity contribution < 1.29 is 14.6 Å². The van der Waals surface area contributed by atoms with Gasteiger partial charge in [-0.2, -0.15) is 0 Å². The van der Waals surface area contributed by atoms with Crippen LogP contribution in [-0.4, -0.2) is 27.8 Å². The Morgan fingerprint density at radius 2 is 2.10 bits per heavy atom. The maximum atomic E-state index is 12.2. The van der Waals surface area contributed by atoms with Crippen LogP contribution in [0.4, 0.5) is 0 Å². The van der Waals surface area contributed by atoms with Crippen molar-refractivity contribution in [2.45, 2.75) is 0 Å². The molecule has 0 saturated heterocycles. The molecule has 106 valence electrons. The fraction of sp³-hybridized carbons (Fsp3) is 0.0667. The molecule has 6 nitrogen and oxygen atoms in total. The van der Waals surface area contributed by atoms with E-state index in [0.717, 1.165) is 11.0 Å². The molecule has 0 saturated carbocycles. The predicted octanol–water partition coefficient (Wildman–Crippen LogP) is 2.13. The Labute approximate surface area is 120 Å². The number of aromatic nitrogens is 2. The van der Waals surface area contributed by atoms with E-state index in [1.807, 2.05) is 24.3 Å². The van der Waals surface area contributed by atoms with E-state index in [0.29, 0.717) is 5.75 Å². The van der Waals surface area contributed by atoms with Gasteiger partial charge in [-0.05, 0) is 24.3 Å². The molecule has 6 heteroatoms. The lowest BCUT2D eigenvalue weighted by Crippen LogP contribution is -2.22. The molecule has 1 amide bonds. The molecule has 21 heavy (non-hydrogen) atoms. The number of hydrogen-bond donors (Lipinski definition) is 2. The van der Waals surface area contributed by atoms with Gasteiger partial charge in [0.1, 0.15) is 17.8 Å². The Morgan fingerprint density at radius 3 is 2.86 bits per heavy atom. The highest BCUT2D eigenvalue weighted by Crippen LogP contribution is 2.23. The normalized spacial score (nSPS) is 10.5. The number of carbonyl (C=O) groups is 1. The van der Waals surface area contributed by atoms with E-state index in [9.17, 15) is 9.90 Å². The maximum Gasteiger partial charge on any atom is 0.273 e. The van der Waals surface area contributed by atoms with Crippen molar-refractivity contribution in [3.05, 3.63) is 54.4 Å². The van der Waals surface area contributed by atoms with Gasteiger partial charge in [0.25, 0.3) is 5.91 Å². The zero-order valence-corrected chi connectivity index (χ0v) is 11.3. The summed E-state index contributed by atoms with van der Waals surface area (Å²) in [6.07, 6.45) is 1.52. The lowest BCUT2D eigenvalue weighted by Gasteiger charge is -2.09. The van der Waals surface area contributed by atoms with E-state index in [-0.39, 0.29) is 11.3 Å². The molecule has 0 aliphatic heterocycles. The van der Waals surface area contributed by atoms with Gasteiger partial charge in [-0.15, -0.1) is 0 Å². The summed E-state index contributed by atoms with van der Waals surface area (Å²) in [5, 5.41) is 9.87. The average Bonchev–Trinajstić information content (AvgIpc) is 2.90. The molecule has 0 fully saturated rings. The van der Waals surface area contributed by atoms with Gasteiger partial charge in [0.05, 0.1) is 23.7 Å². The van der Waals surface area contributed by atoms with Gasteiger partial charge in [-0.1, -0.05) is 12.1 Å². The quantitative estimate of drug-likeness (QED) is 0.772. The summed E-state index contributed by atoms with van der Waals surface area (Å²) < 4.78 is 6.50. The summed E-state index contributed by atoms with van der Waals surface area (Å²) in [7, 11) is 1.49. The number of nitrogens with zero attached hydrogens (tertiary/aromatic N) is 2. The molecule has 1 aromatic heterocycles. The Hall–Kier alpha value is -3.02. The van der Waals surface area contributed by atoms with E-state index >= 15 is 0 Å². The number of nitrogens with one attached hydrogen (secondary N) is 1. The van der Waals surface area contributed by atoms with Crippen LogP contribution in [-0.2, 0) is 0 Å². The second-order valence-electron chi connectivity index (χ2n) is 4.43. The van der Waals surface area contributed by atoms with Gasteiger partial charge in [0, 0.05) is 6.07 Å². The summed E-state index contributed by atoms with van der Waals surface area (Å²) in [6.45, 7) is 0. The molecule has 3 rings (SSSR count). The fourth-order valence-corrected chi connectivity index (χ4v) is 2.05. The largest absolute Gasteiger partial charge is 0.507 e. The Kier molecular flexibility index (Phi) is 3.19. The molecular weight excluding hydrogens is 270 g/mol. The van der Waals surface area contributed by atoms with Crippen molar-refractivity contribution >= 4 is 16.9 Å². The minimum atomic E-state index is -0.432. The van der Waals surface area contributed by atoms with E-state index < -0.39 is 5.91 Å². The second kappa shape index (κ2) is 5.16. The monoisotopic (exact) mass is 283 g/mol. The lowest BCUT2D eigenvalue weighted by molar-refractivity contribution is 0.101. The van der Waals surface area contributed by atoms with E-state index in [4.69, 9.17) is 4.74 Å². The average molecular weight is 283 g/mol. The molecule has 0 spiro atoms. The van der Waals surface area contributed by atoms with Crippen LogP contribution in [0, 0.1) is 0 Å². The van der Waals surface area contributed by atoms with Crippen LogP contribution < -0.4 is 10.2 Å². The first-order valence-electron chi connectivity index (χ1n) is 6.29. The number of hydrogen-bond acceptors (Lipinski definition) is 4. The Balaban J connectivity index is 1.89. The van der Waals surface area contributed by atoms with Gasteiger partial charge >= 0.3 is 0 Å². The van der Waals surface area contributed by atoms with Crippen molar-refractivity contribution in [3.63, 3.8) is 0 Å². The lowest BCUT2D eigenvalue weighted by atomic mass is 10.2. The third-order valence-electron chi connectivity index (χ3n) is 3.13. The van der Waals surface area contributed by atoms with Crippen LogP contribution in [0.1, 0.15) is 10.4 Å². The summed E-state index contributed by atoms with van der Waals surface area (Å²) >= 11 is 0. The molecular formula is C15H13N3O3. The molecule has 0 bridgehead atoms. The SMILES string of the molecule is COc1ccc(C(=O)Nn2cnc3ccccc32)c(O)c1. The zero-order chi connectivity index (χ0) is 14.8. The number of phenols is 1. The molecule has 0 aliphatic carbocycles. The van der Waals surface area contributed by atoms with Crippen molar-refractivity contribution in [1.29, 1.82) is 0 Å². The van der Waals surface area contributed by atoms with Crippen LogP contribution in [0.15, 0.2) is 48.8 Å². The van der Waals surface area contributed by atoms with Crippen LogP contribution in [0.5, 0.6) is 11.5 Å². The number of imidazole rings is 1. The third-order valence-corrected chi connectivity index (χ3v) is 3.13. The van der Waals surface area contributed by atoms with Crippen molar-refractivity contribution in [3.8, 4) is 11.5 Å². The summed E-state index contributed by atoms with van der Waals surface area (Å²) in [5.41, 5.74) is 4.39. The summed E-state index contributed by atoms with van der Waals surface area (Å²) in [6, 6.07) is 11.9. The van der Waals surface area contributed by atoms with Crippen molar-refractivity contribution in [2.75, 3.05) is 12.5 Å². The highest BCUT2D eigenvalue weighted by molar-refractivity contribution is 6.03. The van der Waals surface area contributed by atoms with Gasteiger partial charge < -0.3 is 9.84 Å². The number of fused-ring (bicyclic) bond motifs is 1. The highest BCUT2D eigenvalue weighted by atomic mass is 16.5. The molecule has 2 aromatic carbocycles. The van der Waals surface area contributed by atoms with Crippen LogP contribution in [0.25, 0.3) is 11.0 Å². The van der Waals surface area contributed by atoms with Crippen LogP contribution in [0.2, 0.25) is 0 Å². The first-order chi connectivity index (χ1) is 10.2. The zero-order valence-electron chi connectivity index (χ0n) is 11.3. The number of amides is 1. The highest BCUT2D eigenvalue weighted by Gasteiger charge is 2.13. The standard InChI is InChI=1S/C15H13N3O3/c1-21-10-6-7-11(14(19)8-10)15(20)17-18-9-16-12-4-2-3-5-13(12)18/h2-9,19H,1H3,(H,17,20). The van der Waals surface area contributed by atoms with Gasteiger partial charge in [-0.25, -0.2) is 9.66 Å². The maximum absolute atomic E-state index is 12.2. The number of methoxy groups -OCH3 is 1. The predicted molar refractivity (Wildman–Crippen MR) is 78.1 cm³/mol. The Morgan fingerprint density at radius 1 is 1.29 bits per heavy atom. The summed E-state index contributed by atoms with van der Waals surface area (Å²) in [5.74, 6) is -0.0910. The van der Waals surface area contributed by atoms with Gasteiger partial charge in [0.2, 0.25) is 0 Å². The summed E-state index contributed by atoms with van der Waals surface area (Å²) in [4.78, 5) is 16.4. The van der Waals surface area contributed by atoms with E-state index in [1.54, 1.807) is 6.07 Å². The Bertz CT molecular complexity index is 811. The van der Waals surface area contributed by atoms with Crippen molar-refractivity contribution in [2.24, 2.45) is 0 Å². The topological polar surface area (TPSA) is 76.4 Å². The number of rotatable bonds is 3. The number of benzene rings is 2. The van der Waals surface area contributed by atoms with Crippen LogP contribution in [0.3, 0.4) is 0 Å². The number of phenolic OH excluding ortho intramolecular Hbond substituents is 1. The first kappa shape index (κ1) is 13.0. The minimum Gasteiger partial charge on any atom is -0.507 e. The molecule has 1 heterocycles. The molecule has 3 aromatic rings. The second-order valence-corrected chi connectivity index (χ2v) is 4.43.